The van der Waals surface area contributed by atoms with Crippen molar-refractivity contribution in [2.75, 3.05) is 0 Å². The predicted molar refractivity (Wildman–Crippen MR) is 32.0 cm³/mol. The molecule has 1 unspecified atom stereocenters. The Balaban J connectivity index is 2.59. The normalized spacial score (nSPS) is 41.1. The zero-order valence-corrected chi connectivity index (χ0v) is 5.70. The SMILES string of the molecule is C[C@]1(O)CC(=O)OC(O)C1. The van der Waals surface area contributed by atoms with Crippen molar-refractivity contribution in [1.82, 2.24) is 0 Å². The maximum Gasteiger partial charge on any atom is 0.311 e. The number of carbonyl (C=O) groups excluding carboxylic acids is 1. The highest BCUT2D eigenvalue weighted by atomic mass is 16.6. The molecule has 0 aromatic carbocycles. The van der Waals surface area contributed by atoms with E-state index in [1.54, 1.807) is 0 Å². The maximum absolute atomic E-state index is 10.5. The number of esters is 1. The molecule has 1 rings (SSSR count). The minimum absolute atomic E-state index is 0.0376. The van der Waals surface area contributed by atoms with E-state index in [0.717, 1.165) is 0 Å². The van der Waals surface area contributed by atoms with Crippen LogP contribution in [0.1, 0.15) is 19.8 Å². The van der Waals surface area contributed by atoms with E-state index >= 15 is 0 Å². The van der Waals surface area contributed by atoms with Gasteiger partial charge in [-0.05, 0) is 6.92 Å². The molecule has 1 heterocycles. The third kappa shape index (κ3) is 1.68. The Morgan fingerprint density at radius 3 is 2.80 bits per heavy atom. The standard InChI is InChI=1S/C6H10O4/c1-6(9)2-4(7)10-5(8)3-6/h4,7,9H,2-3H2,1H3/t4?,6-/m1/s1. The van der Waals surface area contributed by atoms with E-state index in [1.807, 2.05) is 0 Å². The summed E-state index contributed by atoms with van der Waals surface area (Å²) in [5.41, 5.74) is -1.10. The van der Waals surface area contributed by atoms with Crippen molar-refractivity contribution in [3.63, 3.8) is 0 Å². The van der Waals surface area contributed by atoms with Crippen LogP contribution in [0.25, 0.3) is 0 Å². The summed E-state index contributed by atoms with van der Waals surface area (Å²) in [4.78, 5) is 10.5. The van der Waals surface area contributed by atoms with Gasteiger partial charge in [0, 0.05) is 6.42 Å². The van der Waals surface area contributed by atoms with Crippen molar-refractivity contribution < 1.29 is 19.7 Å². The Morgan fingerprint density at radius 1 is 1.80 bits per heavy atom. The van der Waals surface area contributed by atoms with E-state index in [-0.39, 0.29) is 12.8 Å². The van der Waals surface area contributed by atoms with Crippen LogP contribution in [0.3, 0.4) is 0 Å². The molecule has 0 bridgehead atoms. The summed E-state index contributed by atoms with van der Waals surface area (Å²) in [5, 5.41) is 18.1. The Hall–Kier alpha value is -0.610. The van der Waals surface area contributed by atoms with Crippen LogP contribution >= 0.6 is 0 Å². The zero-order valence-electron chi connectivity index (χ0n) is 5.70. The first kappa shape index (κ1) is 7.50. The van der Waals surface area contributed by atoms with E-state index in [1.165, 1.54) is 6.92 Å². The largest absolute Gasteiger partial charge is 0.436 e. The number of carbonyl (C=O) groups is 1. The summed E-state index contributed by atoms with van der Waals surface area (Å²) >= 11 is 0. The van der Waals surface area contributed by atoms with Crippen LogP contribution in [-0.2, 0) is 9.53 Å². The zero-order chi connectivity index (χ0) is 7.78. The number of cyclic esters (lactones) is 1. The number of aliphatic hydroxyl groups excluding tert-OH is 1. The molecule has 1 aliphatic rings. The molecule has 10 heavy (non-hydrogen) atoms. The summed E-state index contributed by atoms with van der Waals surface area (Å²) < 4.78 is 4.38. The molecule has 0 radical (unpaired) electrons. The van der Waals surface area contributed by atoms with E-state index < -0.39 is 17.9 Å². The van der Waals surface area contributed by atoms with E-state index in [9.17, 15) is 9.90 Å². The van der Waals surface area contributed by atoms with Crippen molar-refractivity contribution in [1.29, 1.82) is 0 Å². The lowest BCUT2D eigenvalue weighted by molar-refractivity contribution is -0.197. The lowest BCUT2D eigenvalue weighted by Crippen LogP contribution is -2.40. The van der Waals surface area contributed by atoms with Crippen LogP contribution in [0.2, 0.25) is 0 Å². The fourth-order valence-electron chi connectivity index (χ4n) is 0.994. The van der Waals surface area contributed by atoms with Crippen molar-refractivity contribution in [2.45, 2.75) is 31.7 Å². The minimum Gasteiger partial charge on any atom is -0.436 e. The summed E-state index contributed by atoms with van der Waals surface area (Å²) in [6, 6.07) is 0. The second kappa shape index (κ2) is 2.21. The van der Waals surface area contributed by atoms with Crippen LogP contribution in [0.15, 0.2) is 0 Å². The van der Waals surface area contributed by atoms with E-state index in [4.69, 9.17) is 5.11 Å². The molecule has 0 aromatic rings. The van der Waals surface area contributed by atoms with Crippen LogP contribution in [0.5, 0.6) is 0 Å². The Morgan fingerprint density at radius 2 is 2.40 bits per heavy atom. The molecule has 1 fully saturated rings. The van der Waals surface area contributed by atoms with Gasteiger partial charge in [0.2, 0.25) is 6.29 Å². The first-order valence-electron chi connectivity index (χ1n) is 3.09. The first-order valence-corrected chi connectivity index (χ1v) is 3.09. The van der Waals surface area contributed by atoms with Gasteiger partial charge in [0.25, 0.3) is 0 Å². The van der Waals surface area contributed by atoms with Crippen LogP contribution < -0.4 is 0 Å². The van der Waals surface area contributed by atoms with Crippen molar-refractivity contribution in [2.24, 2.45) is 0 Å². The van der Waals surface area contributed by atoms with Gasteiger partial charge in [0.15, 0.2) is 0 Å². The van der Waals surface area contributed by atoms with E-state index in [0.29, 0.717) is 0 Å². The van der Waals surface area contributed by atoms with Gasteiger partial charge in [-0.3, -0.25) is 4.79 Å². The summed E-state index contributed by atoms with van der Waals surface area (Å²) in [7, 11) is 0. The molecule has 2 N–H and O–H groups in total. The molecule has 0 spiro atoms. The molecule has 58 valence electrons. The fourth-order valence-corrected chi connectivity index (χ4v) is 0.994. The fraction of sp³-hybridized carbons (Fsp3) is 0.833. The number of aliphatic hydroxyl groups is 2. The number of ether oxygens (including phenoxy) is 1. The Kier molecular flexibility index (Phi) is 1.66. The monoisotopic (exact) mass is 146 g/mol. The lowest BCUT2D eigenvalue weighted by atomic mass is 9.96. The average Bonchev–Trinajstić information content (AvgIpc) is 1.54. The van der Waals surface area contributed by atoms with Gasteiger partial charge in [-0.25, -0.2) is 0 Å². The van der Waals surface area contributed by atoms with Crippen LogP contribution in [-0.4, -0.2) is 28.1 Å². The highest BCUT2D eigenvalue weighted by Crippen LogP contribution is 2.23. The van der Waals surface area contributed by atoms with Gasteiger partial charge < -0.3 is 14.9 Å². The Bertz CT molecular complexity index is 152. The molecule has 0 aliphatic carbocycles. The van der Waals surface area contributed by atoms with Crippen molar-refractivity contribution in [3.05, 3.63) is 0 Å². The molecule has 0 saturated carbocycles. The maximum atomic E-state index is 10.5. The van der Waals surface area contributed by atoms with Crippen molar-refractivity contribution in [3.8, 4) is 0 Å². The molecule has 0 aromatic heterocycles. The van der Waals surface area contributed by atoms with Gasteiger partial charge in [0.05, 0.1) is 12.0 Å². The van der Waals surface area contributed by atoms with E-state index in [2.05, 4.69) is 4.74 Å². The molecule has 4 nitrogen and oxygen atoms in total. The van der Waals surface area contributed by atoms with Crippen molar-refractivity contribution >= 4 is 5.97 Å². The molecular formula is C6H10O4. The topological polar surface area (TPSA) is 66.8 Å². The highest BCUT2D eigenvalue weighted by molar-refractivity contribution is 5.71. The first-order chi connectivity index (χ1) is 4.49. The molecule has 4 heteroatoms. The summed E-state index contributed by atoms with van der Waals surface area (Å²) in [5.74, 6) is -0.552. The summed E-state index contributed by atoms with van der Waals surface area (Å²) in [6.45, 7) is 1.50. The molecule has 0 amide bonds. The number of rotatable bonds is 0. The van der Waals surface area contributed by atoms with Crippen LogP contribution in [0, 0.1) is 0 Å². The molecule has 1 saturated heterocycles. The van der Waals surface area contributed by atoms with Gasteiger partial charge in [0.1, 0.15) is 0 Å². The summed E-state index contributed by atoms with van der Waals surface area (Å²) in [6.07, 6.45) is -1.08. The second-order valence-electron chi connectivity index (χ2n) is 2.82. The quantitative estimate of drug-likeness (QED) is 0.447. The van der Waals surface area contributed by atoms with Gasteiger partial charge in [-0.15, -0.1) is 0 Å². The van der Waals surface area contributed by atoms with Crippen LogP contribution in [0.4, 0.5) is 0 Å². The highest BCUT2D eigenvalue weighted by Gasteiger charge is 2.34. The minimum atomic E-state index is -1.14. The molecule has 1 aliphatic heterocycles. The average molecular weight is 146 g/mol. The second-order valence-corrected chi connectivity index (χ2v) is 2.82. The third-order valence-corrected chi connectivity index (χ3v) is 1.41. The number of hydrogen-bond donors (Lipinski definition) is 2. The van der Waals surface area contributed by atoms with Gasteiger partial charge in [-0.1, -0.05) is 0 Å². The van der Waals surface area contributed by atoms with Gasteiger partial charge >= 0.3 is 5.97 Å². The predicted octanol–water partition coefficient (Wildman–Crippen LogP) is -0.607. The Labute approximate surface area is 58.4 Å². The molecular weight excluding hydrogens is 136 g/mol. The van der Waals surface area contributed by atoms with Gasteiger partial charge in [-0.2, -0.15) is 0 Å². The molecule has 2 atom stereocenters. The third-order valence-electron chi connectivity index (χ3n) is 1.41. The smallest absolute Gasteiger partial charge is 0.311 e. The lowest BCUT2D eigenvalue weighted by Gasteiger charge is -2.29. The number of hydrogen-bond acceptors (Lipinski definition) is 4.